The molecule has 4 saturated carbocycles. The summed E-state index contributed by atoms with van der Waals surface area (Å²) in [6.45, 7) is 1.95. The molecule has 1 aromatic heterocycles. The van der Waals surface area contributed by atoms with Crippen LogP contribution in [-0.4, -0.2) is 64.0 Å². The maximum Gasteiger partial charge on any atom is 0.224 e. The van der Waals surface area contributed by atoms with Gasteiger partial charge < -0.3 is 25.7 Å². The summed E-state index contributed by atoms with van der Waals surface area (Å²) >= 11 is 6.28. The van der Waals surface area contributed by atoms with E-state index in [1.54, 1.807) is 6.20 Å². The van der Waals surface area contributed by atoms with Crippen molar-refractivity contribution in [2.75, 3.05) is 37.4 Å². The molecule has 0 aliphatic heterocycles. The zero-order valence-electron chi connectivity index (χ0n) is 21.4. The van der Waals surface area contributed by atoms with Crippen molar-refractivity contribution in [3.8, 4) is 6.07 Å². The van der Waals surface area contributed by atoms with E-state index in [1.807, 2.05) is 24.3 Å². The van der Waals surface area contributed by atoms with Gasteiger partial charge in [0.05, 0.1) is 18.9 Å². The van der Waals surface area contributed by atoms with Crippen LogP contribution >= 0.6 is 11.6 Å². The number of nitrogens with zero attached hydrogens (tertiary/aromatic N) is 4. The van der Waals surface area contributed by atoms with Gasteiger partial charge in [0.2, 0.25) is 5.95 Å². The molecule has 0 saturated heterocycles. The molecule has 8 nitrogen and oxygen atoms in total. The van der Waals surface area contributed by atoms with Gasteiger partial charge in [-0.1, -0.05) is 29.8 Å². The molecule has 2 aromatic rings. The number of hydrogen-bond acceptors (Lipinski definition) is 8. The number of aliphatic hydroxyl groups is 2. The maximum absolute atomic E-state index is 9.81. The fourth-order valence-electron chi connectivity index (χ4n) is 7.47. The lowest BCUT2D eigenvalue weighted by Gasteiger charge is -2.62. The molecule has 4 aliphatic carbocycles. The first kappa shape index (κ1) is 26.2. The molecule has 0 amide bonds. The lowest BCUT2D eigenvalue weighted by atomic mass is 9.47. The van der Waals surface area contributed by atoms with E-state index in [4.69, 9.17) is 11.6 Å². The lowest BCUT2D eigenvalue weighted by Crippen LogP contribution is -2.60. The highest BCUT2D eigenvalue weighted by Gasteiger charge is 2.55. The average molecular weight is 525 g/mol. The molecule has 6 rings (SSSR count). The Labute approximate surface area is 224 Å². The second-order valence-electron chi connectivity index (χ2n) is 11.4. The minimum Gasteiger partial charge on any atom is -0.394 e. The zero-order chi connectivity index (χ0) is 26.0. The summed E-state index contributed by atoms with van der Waals surface area (Å²) in [5.74, 6) is 3.12. The monoisotopic (exact) mass is 524 g/mol. The van der Waals surface area contributed by atoms with E-state index in [2.05, 4.69) is 38.6 Å². The van der Waals surface area contributed by atoms with E-state index >= 15 is 0 Å². The molecule has 1 unspecified atom stereocenters. The molecule has 9 heteroatoms. The molecule has 0 spiro atoms. The Morgan fingerprint density at radius 1 is 1.22 bits per heavy atom. The fourth-order valence-corrected chi connectivity index (χ4v) is 7.67. The number of nitrogens with one attached hydrogen (secondary N) is 2. The van der Waals surface area contributed by atoms with Crippen LogP contribution in [0, 0.1) is 34.5 Å². The van der Waals surface area contributed by atoms with Crippen LogP contribution in [0.2, 0.25) is 5.02 Å². The molecular weight excluding hydrogens is 488 g/mol. The van der Waals surface area contributed by atoms with E-state index in [0.29, 0.717) is 53.2 Å². The first-order chi connectivity index (χ1) is 17.9. The summed E-state index contributed by atoms with van der Waals surface area (Å²) in [5.41, 5.74) is 1.64. The molecule has 6 atom stereocenters. The quantitative estimate of drug-likeness (QED) is 0.349. The molecule has 1 aromatic carbocycles. The van der Waals surface area contributed by atoms with Crippen molar-refractivity contribution in [3.63, 3.8) is 0 Å². The number of anilines is 2. The first-order valence-electron chi connectivity index (χ1n) is 13.4. The molecule has 4 aliphatic rings. The van der Waals surface area contributed by atoms with Crippen molar-refractivity contribution < 1.29 is 10.2 Å². The third-order valence-corrected chi connectivity index (χ3v) is 9.19. The molecule has 0 radical (unpaired) electrons. The topological polar surface area (TPSA) is 117 Å². The first-order valence-corrected chi connectivity index (χ1v) is 13.7. The highest BCUT2D eigenvalue weighted by molar-refractivity contribution is 6.31. The number of aliphatic hydroxyl groups excluding tert-OH is 2. The minimum absolute atomic E-state index is 0.173. The average Bonchev–Trinajstić information content (AvgIpc) is 2.89. The van der Waals surface area contributed by atoms with Crippen LogP contribution in [0.25, 0.3) is 0 Å². The van der Waals surface area contributed by atoms with Crippen molar-refractivity contribution in [1.82, 2.24) is 14.9 Å². The molecule has 4 bridgehead atoms. The predicted octanol–water partition coefficient (Wildman–Crippen LogP) is 3.90. The number of benzene rings is 1. The van der Waals surface area contributed by atoms with Crippen LogP contribution in [0.4, 0.5) is 11.8 Å². The van der Waals surface area contributed by atoms with Gasteiger partial charge in [0.1, 0.15) is 17.5 Å². The van der Waals surface area contributed by atoms with Crippen LogP contribution in [-0.2, 0) is 6.54 Å². The van der Waals surface area contributed by atoms with Crippen LogP contribution in [0.5, 0.6) is 0 Å². The summed E-state index contributed by atoms with van der Waals surface area (Å²) < 4.78 is 0. The maximum atomic E-state index is 9.81. The summed E-state index contributed by atoms with van der Waals surface area (Å²) in [4.78, 5) is 11.4. The normalized spacial score (nSPS) is 28.8. The third-order valence-electron chi connectivity index (χ3n) is 8.82. The number of hydrogen-bond donors (Lipinski definition) is 4. The van der Waals surface area contributed by atoms with Crippen LogP contribution < -0.4 is 10.6 Å². The molecule has 198 valence electrons. The van der Waals surface area contributed by atoms with Gasteiger partial charge in [-0.15, -0.1) is 0 Å². The zero-order valence-corrected chi connectivity index (χ0v) is 22.2. The van der Waals surface area contributed by atoms with Crippen LogP contribution in [0.3, 0.4) is 0 Å². The van der Waals surface area contributed by atoms with E-state index in [1.165, 1.54) is 32.1 Å². The Bertz CT molecular complexity index is 1120. The van der Waals surface area contributed by atoms with Crippen LogP contribution in [0.15, 0.2) is 30.5 Å². The minimum atomic E-state index is -0.638. The van der Waals surface area contributed by atoms with E-state index in [0.717, 1.165) is 24.6 Å². The van der Waals surface area contributed by atoms with Gasteiger partial charge >= 0.3 is 0 Å². The fraction of sp³-hybridized carbons (Fsp3) is 0.607. The predicted molar refractivity (Wildman–Crippen MR) is 144 cm³/mol. The van der Waals surface area contributed by atoms with Gasteiger partial charge in [0, 0.05) is 30.7 Å². The number of aromatic nitrogens is 2. The van der Waals surface area contributed by atoms with Gasteiger partial charge in [-0.05, 0) is 80.4 Å². The van der Waals surface area contributed by atoms with Crippen molar-refractivity contribution in [2.45, 2.75) is 57.2 Å². The van der Waals surface area contributed by atoms with Crippen molar-refractivity contribution in [3.05, 3.63) is 46.6 Å². The van der Waals surface area contributed by atoms with Gasteiger partial charge in [-0.3, -0.25) is 0 Å². The largest absolute Gasteiger partial charge is 0.394 e. The van der Waals surface area contributed by atoms with Crippen molar-refractivity contribution >= 4 is 23.4 Å². The number of nitriles is 1. The summed E-state index contributed by atoms with van der Waals surface area (Å²) in [6, 6.07) is 10.4. The van der Waals surface area contributed by atoms with Gasteiger partial charge in [-0.2, -0.15) is 10.2 Å². The molecule has 1 heterocycles. The second-order valence-corrected chi connectivity index (χ2v) is 11.8. The molecular formula is C28H37ClN6O2. The highest BCUT2D eigenvalue weighted by atomic mass is 35.5. The Hall–Kier alpha value is -2.44. The van der Waals surface area contributed by atoms with Gasteiger partial charge in [0.15, 0.2) is 0 Å². The van der Waals surface area contributed by atoms with Crippen molar-refractivity contribution in [2.24, 2.45) is 23.2 Å². The lowest BCUT2D eigenvalue weighted by molar-refractivity contribution is -0.103. The Morgan fingerprint density at radius 3 is 2.68 bits per heavy atom. The van der Waals surface area contributed by atoms with E-state index in [-0.39, 0.29) is 12.0 Å². The summed E-state index contributed by atoms with van der Waals surface area (Å²) in [6.07, 6.45) is 7.70. The van der Waals surface area contributed by atoms with Gasteiger partial charge in [-0.25, -0.2) is 4.98 Å². The molecule has 37 heavy (non-hydrogen) atoms. The summed E-state index contributed by atoms with van der Waals surface area (Å²) in [5, 5.41) is 36.1. The summed E-state index contributed by atoms with van der Waals surface area (Å²) in [7, 11) is 2.18. The highest BCUT2D eigenvalue weighted by Crippen LogP contribution is 2.61. The van der Waals surface area contributed by atoms with Gasteiger partial charge in [0.25, 0.3) is 0 Å². The Balaban J connectivity index is 1.24. The van der Waals surface area contributed by atoms with E-state index in [9.17, 15) is 15.5 Å². The SMILES string of the molecule is CN(CC[C@H](O)CO)[C@@H]1[C@@H]2CC3C[C@H]1C[C@](CNc1nc(NCc4ccccc4Cl)ncc1C#N)(C3)C2. The van der Waals surface area contributed by atoms with Crippen molar-refractivity contribution in [1.29, 1.82) is 5.26 Å². The number of rotatable bonds is 11. The number of halogens is 1. The molecule has 4 N–H and O–H groups in total. The standard InChI is InChI=1S/C28H37ClN6O2/c1-35(7-6-23(37)16-36)25-20-8-18-9-21(25)12-28(10-18,11-20)17-33-26-22(13-30)15-32-27(34-26)31-14-19-4-2-3-5-24(19)29/h2-5,15,18,20-21,23,25,36-37H,6-12,14,16-17H2,1H3,(H2,31,32,33,34)/t18?,20-,21+,23-,25-,28+/m0/s1. The molecule has 4 fully saturated rings. The van der Waals surface area contributed by atoms with E-state index < -0.39 is 6.10 Å². The Kier molecular flexibility index (Phi) is 7.87. The second kappa shape index (κ2) is 11.1. The van der Waals surface area contributed by atoms with Crippen LogP contribution in [0.1, 0.15) is 49.7 Å². The smallest absolute Gasteiger partial charge is 0.224 e. The third kappa shape index (κ3) is 5.70. The Morgan fingerprint density at radius 2 is 1.97 bits per heavy atom.